The summed E-state index contributed by atoms with van der Waals surface area (Å²) in [5.74, 6) is 0.531. The third-order valence-electron chi connectivity index (χ3n) is 3.52. The first-order valence-corrected chi connectivity index (χ1v) is 7.04. The van der Waals surface area contributed by atoms with Gasteiger partial charge in [0.15, 0.2) is 0 Å². The summed E-state index contributed by atoms with van der Waals surface area (Å²) in [6.45, 7) is 7.54. The van der Waals surface area contributed by atoms with E-state index in [1.165, 1.54) is 32.1 Å². The zero-order valence-electron chi connectivity index (χ0n) is 12.2. The van der Waals surface area contributed by atoms with Gasteiger partial charge in [0.05, 0.1) is 0 Å². The summed E-state index contributed by atoms with van der Waals surface area (Å²) < 4.78 is 5.24. The third kappa shape index (κ3) is 5.25. The standard InChI is InChI=1S/C14H28N2O2/c1-10(16-13(17)18-14(2,3)4)12(15)11-8-6-5-7-9-11/h10-12H,5-9,15H2,1-4H3,(H,16,17). The highest BCUT2D eigenvalue weighted by Gasteiger charge is 2.27. The molecule has 0 aromatic rings. The lowest BCUT2D eigenvalue weighted by molar-refractivity contribution is 0.0492. The molecule has 18 heavy (non-hydrogen) atoms. The highest BCUT2D eigenvalue weighted by Crippen LogP contribution is 2.26. The number of carbonyl (C=O) groups excluding carboxylic acids is 1. The second-order valence-corrected chi connectivity index (χ2v) is 6.41. The molecule has 0 aromatic heterocycles. The maximum Gasteiger partial charge on any atom is 0.407 e. The summed E-state index contributed by atoms with van der Waals surface area (Å²) in [5.41, 5.74) is 5.77. The van der Waals surface area contributed by atoms with Gasteiger partial charge in [-0.1, -0.05) is 19.3 Å². The second kappa shape index (κ2) is 6.41. The molecule has 2 unspecified atom stereocenters. The number of rotatable bonds is 3. The minimum absolute atomic E-state index is 0.0258. The zero-order chi connectivity index (χ0) is 13.8. The summed E-state index contributed by atoms with van der Waals surface area (Å²) in [4.78, 5) is 11.7. The van der Waals surface area contributed by atoms with Crippen LogP contribution in [0.15, 0.2) is 0 Å². The van der Waals surface area contributed by atoms with Crippen molar-refractivity contribution in [3.63, 3.8) is 0 Å². The number of hydrogen-bond donors (Lipinski definition) is 2. The lowest BCUT2D eigenvalue weighted by Gasteiger charge is -2.32. The van der Waals surface area contributed by atoms with E-state index in [2.05, 4.69) is 5.32 Å². The first-order valence-electron chi connectivity index (χ1n) is 7.04. The molecule has 0 saturated heterocycles. The fourth-order valence-corrected chi connectivity index (χ4v) is 2.52. The van der Waals surface area contributed by atoms with Crippen molar-refractivity contribution in [3.8, 4) is 0 Å². The molecular formula is C14H28N2O2. The number of nitrogens with two attached hydrogens (primary N) is 1. The molecule has 1 saturated carbocycles. The summed E-state index contributed by atoms with van der Waals surface area (Å²) >= 11 is 0. The molecule has 4 nitrogen and oxygen atoms in total. The van der Waals surface area contributed by atoms with Gasteiger partial charge in [-0.25, -0.2) is 4.79 Å². The predicted molar refractivity (Wildman–Crippen MR) is 73.4 cm³/mol. The highest BCUT2D eigenvalue weighted by molar-refractivity contribution is 5.68. The van der Waals surface area contributed by atoms with Gasteiger partial charge in [0.2, 0.25) is 0 Å². The van der Waals surface area contributed by atoms with E-state index in [0.29, 0.717) is 5.92 Å². The van der Waals surface area contributed by atoms with E-state index in [-0.39, 0.29) is 18.2 Å². The first-order chi connectivity index (χ1) is 8.29. The van der Waals surface area contributed by atoms with E-state index in [1.807, 2.05) is 27.7 Å². The smallest absolute Gasteiger partial charge is 0.407 e. The van der Waals surface area contributed by atoms with E-state index in [9.17, 15) is 4.79 Å². The molecule has 1 aliphatic carbocycles. The topological polar surface area (TPSA) is 64.3 Å². The molecule has 1 rings (SSSR count). The van der Waals surface area contributed by atoms with E-state index in [4.69, 9.17) is 10.5 Å². The van der Waals surface area contributed by atoms with E-state index >= 15 is 0 Å². The number of nitrogens with one attached hydrogen (secondary N) is 1. The molecule has 0 heterocycles. The lowest BCUT2D eigenvalue weighted by atomic mass is 9.82. The molecule has 0 bridgehead atoms. The van der Waals surface area contributed by atoms with Crippen molar-refractivity contribution in [2.45, 2.75) is 77.5 Å². The minimum Gasteiger partial charge on any atom is -0.444 e. The van der Waals surface area contributed by atoms with Crippen molar-refractivity contribution >= 4 is 6.09 Å². The summed E-state index contributed by atoms with van der Waals surface area (Å²) in [6, 6.07) is -0.0132. The number of hydrogen-bond acceptors (Lipinski definition) is 3. The maximum absolute atomic E-state index is 11.7. The molecule has 0 spiro atoms. The van der Waals surface area contributed by atoms with E-state index in [0.717, 1.165) is 0 Å². The first kappa shape index (κ1) is 15.3. The van der Waals surface area contributed by atoms with Crippen molar-refractivity contribution in [1.29, 1.82) is 0 Å². The summed E-state index contributed by atoms with van der Waals surface area (Å²) in [7, 11) is 0. The summed E-state index contributed by atoms with van der Waals surface area (Å²) in [6.07, 6.45) is 5.83. The van der Waals surface area contributed by atoms with Gasteiger partial charge >= 0.3 is 6.09 Å². The summed E-state index contributed by atoms with van der Waals surface area (Å²) in [5, 5.41) is 2.85. The van der Waals surface area contributed by atoms with Crippen LogP contribution in [0, 0.1) is 5.92 Å². The van der Waals surface area contributed by atoms with Crippen LogP contribution in [0.1, 0.15) is 59.8 Å². The lowest BCUT2D eigenvalue weighted by Crippen LogP contribution is -2.50. The van der Waals surface area contributed by atoms with Gasteiger partial charge in [0.1, 0.15) is 5.60 Å². The number of carbonyl (C=O) groups is 1. The van der Waals surface area contributed by atoms with Gasteiger partial charge in [0, 0.05) is 12.1 Å². The van der Waals surface area contributed by atoms with Crippen molar-refractivity contribution in [2.75, 3.05) is 0 Å². The normalized spacial score (nSPS) is 21.2. The Morgan fingerprint density at radius 3 is 2.33 bits per heavy atom. The molecule has 3 N–H and O–H groups in total. The van der Waals surface area contributed by atoms with Gasteiger partial charge < -0.3 is 15.8 Å². The van der Waals surface area contributed by atoms with Crippen LogP contribution >= 0.6 is 0 Å². The Morgan fingerprint density at radius 2 is 1.83 bits per heavy atom. The second-order valence-electron chi connectivity index (χ2n) is 6.41. The Hall–Kier alpha value is -0.770. The molecule has 1 aliphatic rings. The Bertz CT molecular complexity index is 267. The van der Waals surface area contributed by atoms with Crippen molar-refractivity contribution in [3.05, 3.63) is 0 Å². The average molecular weight is 256 g/mol. The van der Waals surface area contributed by atoms with Gasteiger partial charge in [-0.3, -0.25) is 0 Å². The van der Waals surface area contributed by atoms with Gasteiger partial charge in [-0.05, 0) is 46.5 Å². The molecule has 0 aromatic carbocycles. The van der Waals surface area contributed by atoms with Crippen molar-refractivity contribution < 1.29 is 9.53 Å². The Morgan fingerprint density at radius 1 is 1.28 bits per heavy atom. The van der Waals surface area contributed by atoms with Crippen LogP contribution in [0.2, 0.25) is 0 Å². The van der Waals surface area contributed by atoms with Crippen LogP contribution in [0.4, 0.5) is 4.79 Å². The number of alkyl carbamates (subject to hydrolysis) is 1. The Labute approximate surface area is 111 Å². The molecule has 1 amide bonds. The SMILES string of the molecule is CC(NC(=O)OC(C)(C)C)C(N)C1CCCCC1. The predicted octanol–water partition coefficient (Wildman–Crippen LogP) is 2.81. The number of amides is 1. The largest absolute Gasteiger partial charge is 0.444 e. The molecule has 0 radical (unpaired) electrons. The van der Waals surface area contributed by atoms with Crippen LogP contribution in [0.5, 0.6) is 0 Å². The maximum atomic E-state index is 11.7. The fourth-order valence-electron chi connectivity index (χ4n) is 2.52. The van der Waals surface area contributed by atoms with Gasteiger partial charge in [-0.2, -0.15) is 0 Å². The van der Waals surface area contributed by atoms with Crippen LogP contribution in [0.3, 0.4) is 0 Å². The van der Waals surface area contributed by atoms with Crippen molar-refractivity contribution in [2.24, 2.45) is 11.7 Å². The zero-order valence-corrected chi connectivity index (χ0v) is 12.2. The Kier molecular flexibility index (Phi) is 5.45. The molecule has 1 fully saturated rings. The van der Waals surface area contributed by atoms with Crippen molar-refractivity contribution in [1.82, 2.24) is 5.32 Å². The van der Waals surface area contributed by atoms with Crippen LogP contribution in [0.25, 0.3) is 0 Å². The molecule has 106 valence electrons. The average Bonchev–Trinajstić information content (AvgIpc) is 2.26. The van der Waals surface area contributed by atoms with Gasteiger partial charge in [-0.15, -0.1) is 0 Å². The van der Waals surface area contributed by atoms with Gasteiger partial charge in [0.25, 0.3) is 0 Å². The van der Waals surface area contributed by atoms with E-state index < -0.39 is 5.60 Å². The van der Waals surface area contributed by atoms with Crippen LogP contribution in [-0.4, -0.2) is 23.8 Å². The van der Waals surface area contributed by atoms with E-state index in [1.54, 1.807) is 0 Å². The molecular weight excluding hydrogens is 228 g/mol. The van der Waals surface area contributed by atoms with Crippen LogP contribution in [-0.2, 0) is 4.74 Å². The quantitative estimate of drug-likeness (QED) is 0.816. The highest BCUT2D eigenvalue weighted by atomic mass is 16.6. The number of ether oxygens (including phenoxy) is 1. The Balaban J connectivity index is 2.38. The molecule has 2 atom stereocenters. The van der Waals surface area contributed by atoms with Crippen LogP contribution < -0.4 is 11.1 Å². The monoisotopic (exact) mass is 256 g/mol. The minimum atomic E-state index is -0.460. The molecule has 4 heteroatoms. The fraction of sp³-hybridized carbons (Fsp3) is 0.929. The third-order valence-corrected chi connectivity index (χ3v) is 3.52. The molecule has 0 aliphatic heterocycles.